The number of Topliss-reactive ketones (excluding diaryl/α,β-unsaturated/α-hetero) is 2. The number of hydrogen-bond donors (Lipinski definition) is 0. The predicted octanol–water partition coefficient (Wildman–Crippen LogP) is 9.14. The number of allylic oxidation sites excluding steroid dienone is 4. The number of halogens is 4. The molecule has 0 unspecified atom stereocenters. The van der Waals surface area contributed by atoms with Gasteiger partial charge >= 0.3 is 0 Å². The Kier molecular flexibility index (Phi) is 7.51. The van der Waals surface area contributed by atoms with Crippen LogP contribution >= 0.6 is 22.7 Å². The van der Waals surface area contributed by atoms with Crippen molar-refractivity contribution in [2.45, 2.75) is 37.5 Å². The van der Waals surface area contributed by atoms with E-state index in [1.165, 1.54) is 22.7 Å². The summed E-state index contributed by atoms with van der Waals surface area (Å²) in [5.74, 6) is -6.54. The van der Waals surface area contributed by atoms with Crippen molar-refractivity contribution in [3.8, 4) is 34.0 Å². The molecule has 8 rings (SSSR count). The summed E-state index contributed by atoms with van der Waals surface area (Å²) < 4.78 is 57.0. The minimum Gasteiger partial charge on any atom is -0.287 e. The van der Waals surface area contributed by atoms with Crippen LogP contribution in [0.1, 0.15) is 75.1 Å². The average molecular weight is 729 g/mol. The van der Waals surface area contributed by atoms with Crippen LogP contribution in [-0.2, 0) is 5.41 Å². The average Bonchev–Trinajstić information content (AvgIpc) is 3.91. The summed E-state index contributed by atoms with van der Waals surface area (Å²) in [6.45, 7) is 0. The van der Waals surface area contributed by atoms with E-state index in [9.17, 15) is 48.2 Å². The molecule has 2 aromatic carbocycles. The van der Waals surface area contributed by atoms with Crippen molar-refractivity contribution in [1.29, 1.82) is 21.0 Å². The minimum absolute atomic E-state index is 0.101. The van der Waals surface area contributed by atoms with E-state index in [-0.39, 0.29) is 44.8 Å². The van der Waals surface area contributed by atoms with Crippen LogP contribution in [0.3, 0.4) is 0 Å². The molecule has 4 aromatic rings. The van der Waals surface area contributed by atoms with E-state index < -0.39 is 51.4 Å². The molecule has 250 valence electrons. The van der Waals surface area contributed by atoms with Gasteiger partial charge in [-0.3, -0.25) is 9.59 Å². The summed E-state index contributed by atoms with van der Waals surface area (Å²) in [6.07, 6.45) is 4.32. The van der Waals surface area contributed by atoms with Gasteiger partial charge in [-0.15, -0.1) is 22.7 Å². The first-order chi connectivity index (χ1) is 25.0. The Bertz CT molecular complexity index is 2490. The number of carbonyl (C=O) groups is 2. The number of hydrogen-bond acceptors (Lipinski definition) is 10. The number of aliphatic imine (C=N–C) groups is 2. The Morgan fingerprint density at radius 1 is 0.577 bits per heavy atom. The van der Waals surface area contributed by atoms with Crippen molar-refractivity contribution in [2.75, 3.05) is 0 Å². The third-order valence-electron chi connectivity index (χ3n) is 9.83. The van der Waals surface area contributed by atoms with Gasteiger partial charge in [0.2, 0.25) is 11.6 Å². The molecule has 8 nitrogen and oxygen atoms in total. The van der Waals surface area contributed by atoms with Crippen molar-refractivity contribution >= 4 is 66.8 Å². The zero-order chi connectivity index (χ0) is 36.6. The Morgan fingerprint density at radius 3 is 1.31 bits per heavy atom. The second-order valence-corrected chi connectivity index (χ2v) is 14.5. The highest BCUT2D eigenvalue weighted by molar-refractivity contribution is 7.26. The summed E-state index contributed by atoms with van der Waals surface area (Å²) in [5.41, 5.74) is -1.10. The number of rotatable bonds is 2. The molecule has 1 fully saturated rings. The maximum Gasteiger partial charge on any atom is 0.212 e. The topological polar surface area (TPSA) is 154 Å². The molecular weight excluding hydrogens is 713 g/mol. The zero-order valence-electron chi connectivity index (χ0n) is 26.3. The molecule has 1 saturated carbocycles. The molecule has 4 aliphatic carbocycles. The zero-order valence-corrected chi connectivity index (χ0v) is 28.0. The minimum atomic E-state index is -1.26. The van der Waals surface area contributed by atoms with Gasteiger partial charge in [0.05, 0.1) is 9.75 Å². The van der Waals surface area contributed by atoms with Crippen LogP contribution in [0.4, 0.5) is 27.6 Å². The van der Waals surface area contributed by atoms with Gasteiger partial charge < -0.3 is 0 Å². The molecular formula is C38H16F4N6O2S2. The van der Waals surface area contributed by atoms with Crippen LogP contribution in [0, 0.1) is 68.6 Å². The van der Waals surface area contributed by atoms with Crippen molar-refractivity contribution in [2.24, 2.45) is 9.98 Å². The summed E-state index contributed by atoms with van der Waals surface area (Å²) in [6, 6.07) is 13.6. The highest BCUT2D eigenvalue weighted by atomic mass is 32.1. The lowest BCUT2D eigenvalue weighted by atomic mass is 9.68. The van der Waals surface area contributed by atoms with Gasteiger partial charge in [0.15, 0.2) is 23.3 Å². The summed E-state index contributed by atoms with van der Waals surface area (Å²) >= 11 is 2.47. The Morgan fingerprint density at radius 2 is 0.942 bits per heavy atom. The molecule has 0 N–H and O–H groups in total. The van der Waals surface area contributed by atoms with Gasteiger partial charge in [-0.2, -0.15) is 21.0 Å². The first kappa shape index (κ1) is 32.9. The van der Waals surface area contributed by atoms with Gasteiger partial charge in [0, 0.05) is 38.8 Å². The Balaban J connectivity index is 1.28. The van der Waals surface area contributed by atoms with Crippen molar-refractivity contribution in [3.05, 3.63) is 104 Å². The van der Waals surface area contributed by atoms with E-state index in [1.807, 2.05) is 12.1 Å². The highest BCUT2D eigenvalue weighted by Crippen LogP contribution is 2.63. The molecule has 2 heterocycles. The van der Waals surface area contributed by atoms with Gasteiger partial charge in [0.25, 0.3) is 0 Å². The fourth-order valence-corrected chi connectivity index (χ4v) is 10.0. The highest BCUT2D eigenvalue weighted by Gasteiger charge is 2.47. The normalized spacial score (nSPS) is 17.8. The largest absolute Gasteiger partial charge is 0.287 e. The van der Waals surface area contributed by atoms with Crippen LogP contribution in [0.5, 0.6) is 0 Å². The van der Waals surface area contributed by atoms with Crippen molar-refractivity contribution in [3.63, 3.8) is 0 Å². The quantitative estimate of drug-likeness (QED) is 0.148. The lowest BCUT2D eigenvalue weighted by molar-refractivity contribution is 0.106. The number of carbonyl (C=O) groups excluding carboxylic acids is 2. The van der Waals surface area contributed by atoms with E-state index in [1.54, 1.807) is 24.3 Å². The third-order valence-corrected chi connectivity index (χ3v) is 12.0. The Labute approximate surface area is 299 Å². The molecule has 0 bridgehead atoms. The maximum atomic E-state index is 14.3. The first-order valence-corrected chi connectivity index (χ1v) is 17.3. The molecule has 0 aliphatic heterocycles. The maximum absolute atomic E-state index is 14.3. The second-order valence-electron chi connectivity index (χ2n) is 12.4. The first-order valence-electron chi connectivity index (χ1n) is 15.7. The molecule has 14 heteroatoms. The molecule has 0 atom stereocenters. The molecule has 0 radical (unpaired) electrons. The van der Waals surface area contributed by atoms with Gasteiger partial charge in [0.1, 0.15) is 56.8 Å². The SMILES string of the molecule is N#CC(C#N)=C1C(=Nc2cc3c(s2)-c2sc(N=C4C(=O)c5cc(F)c(F)cc5C4=C(C#N)C#N)cc2C32CCCCC2)C(=O)c2cc(F)c(F)cc21. The molecule has 0 amide bonds. The van der Waals surface area contributed by atoms with Crippen molar-refractivity contribution in [1.82, 2.24) is 0 Å². The van der Waals surface area contributed by atoms with Crippen LogP contribution in [0.2, 0.25) is 0 Å². The number of benzene rings is 2. The van der Waals surface area contributed by atoms with E-state index in [0.717, 1.165) is 77.3 Å². The van der Waals surface area contributed by atoms with Crippen LogP contribution in [0.15, 0.2) is 57.5 Å². The number of ketones is 2. The number of thiophene rings is 2. The third kappa shape index (κ3) is 4.59. The standard InChI is InChI=1S/C38H16F4N6O2S2/c39-24-6-18-20(8-26(24)41)34(49)32(30(18)16(12-43)13-44)47-28-10-22-36(51-28)37-23(38(22)4-2-1-3-5-38)11-29(52-37)48-33-31(17(14-45)15-46)19-7-25(40)27(42)9-21(19)35(33)50/h6-11H,1-5H2. The lowest BCUT2D eigenvalue weighted by Crippen LogP contribution is -2.27. The van der Waals surface area contributed by atoms with Gasteiger partial charge in [-0.1, -0.05) is 19.3 Å². The molecule has 0 saturated heterocycles. The van der Waals surface area contributed by atoms with Crippen LogP contribution in [-0.4, -0.2) is 23.0 Å². The molecule has 2 aromatic heterocycles. The number of fused-ring (bicyclic) bond motifs is 7. The fourth-order valence-electron chi connectivity index (χ4n) is 7.59. The van der Waals surface area contributed by atoms with Gasteiger partial charge in [-0.25, -0.2) is 27.5 Å². The summed E-state index contributed by atoms with van der Waals surface area (Å²) in [5, 5.41) is 39.5. The van der Waals surface area contributed by atoms with E-state index in [2.05, 4.69) is 9.98 Å². The Hall–Kier alpha value is -6.32. The second kappa shape index (κ2) is 11.9. The van der Waals surface area contributed by atoms with E-state index >= 15 is 0 Å². The smallest absolute Gasteiger partial charge is 0.212 e. The van der Waals surface area contributed by atoms with Crippen LogP contribution < -0.4 is 0 Å². The number of nitrogens with zero attached hydrogens (tertiary/aromatic N) is 6. The monoisotopic (exact) mass is 728 g/mol. The van der Waals surface area contributed by atoms with E-state index in [4.69, 9.17) is 0 Å². The predicted molar refractivity (Wildman–Crippen MR) is 183 cm³/mol. The van der Waals surface area contributed by atoms with Gasteiger partial charge in [-0.05, 0) is 60.4 Å². The van der Waals surface area contributed by atoms with E-state index in [0.29, 0.717) is 10.0 Å². The van der Waals surface area contributed by atoms with Crippen molar-refractivity contribution < 1.29 is 27.2 Å². The molecule has 4 aliphatic rings. The lowest BCUT2D eigenvalue weighted by Gasteiger charge is -2.34. The molecule has 52 heavy (non-hydrogen) atoms. The number of nitriles is 4. The molecule has 1 spiro atoms. The fraction of sp³-hybridized carbons (Fsp3) is 0.158. The van der Waals surface area contributed by atoms with Crippen LogP contribution in [0.25, 0.3) is 20.9 Å². The summed E-state index contributed by atoms with van der Waals surface area (Å²) in [7, 11) is 0. The summed E-state index contributed by atoms with van der Waals surface area (Å²) in [4.78, 5) is 37.9.